The minimum absolute atomic E-state index is 0.109. The average Bonchev–Trinajstić information content (AvgIpc) is 2.51. The molecule has 0 fully saturated rings. The van der Waals surface area contributed by atoms with E-state index in [0.29, 0.717) is 10.7 Å². The summed E-state index contributed by atoms with van der Waals surface area (Å²) in [6.45, 7) is 1.81. The Morgan fingerprint density at radius 2 is 1.52 bits per heavy atom. The minimum Gasteiger partial charge on any atom is -0.318 e. The van der Waals surface area contributed by atoms with Gasteiger partial charge in [0, 0.05) is 28.5 Å². The van der Waals surface area contributed by atoms with Gasteiger partial charge in [-0.1, -0.05) is 17.7 Å². The van der Waals surface area contributed by atoms with Gasteiger partial charge in [0.15, 0.2) is 0 Å². The molecule has 0 aliphatic heterocycles. The Hall–Kier alpha value is -2.93. The van der Waals surface area contributed by atoms with E-state index in [1.807, 2.05) is 6.92 Å². The van der Waals surface area contributed by atoms with Gasteiger partial charge in [0.25, 0.3) is 5.69 Å². The topological polar surface area (TPSA) is 101 Å². The first-order chi connectivity index (χ1) is 10.9. The number of nitrogens with one attached hydrogen (secondary N) is 2. The zero-order valence-corrected chi connectivity index (χ0v) is 12.8. The average molecular weight is 334 g/mol. The molecule has 0 aliphatic rings. The largest absolute Gasteiger partial charge is 0.318 e. The maximum Gasteiger partial charge on any atom is 0.314 e. The summed E-state index contributed by atoms with van der Waals surface area (Å²) in [7, 11) is 0. The van der Waals surface area contributed by atoms with Gasteiger partial charge in [-0.15, -0.1) is 0 Å². The highest BCUT2D eigenvalue weighted by atomic mass is 35.5. The molecule has 0 aromatic heterocycles. The Morgan fingerprint density at radius 1 is 1.00 bits per heavy atom. The predicted octanol–water partition coefficient (Wildman–Crippen LogP) is 3.13. The van der Waals surface area contributed by atoms with Crippen molar-refractivity contribution in [2.24, 2.45) is 0 Å². The van der Waals surface area contributed by atoms with E-state index in [4.69, 9.17) is 11.6 Å². The smallest absolute Gasteiger partial charge is 0.314 e. The lowest BCUT2D eigenvalue weighted by atomic mass is 10.2. The van der Waals surface area contributed by atoms with Gasteiger partial charge in [-0.2, -0.15) is 0 Å². The lowest BCUT2D eigenvalue weighted by Crippen LogP contribution is -2.29. The Bertz CT molecular complexity index is 775. The van der Waals surface area contributed by atoms with Gasteiger partial charge >= 0.3 is 11.8 Å². The molecule has 2 amide bonds. The number of aryl methyl sites for hydroxylation is 1. The summed E-state index contributed by atoms with van der Waals surface area (Å²) in [5, 5.41) is 15.8. The van der Waals surface area contributed by atoms with Gasteiger partial charge in [0.2, 0.25) is 0 Å². The number of hydrogen-bond donors (Lipinski definition) is 2. The van der Waals surface area contributed by atoms with E-state index in [1.54, 1.807) is 12.1 Å². The van der Waals surface area contributed by atoms with Crippen LogP contribution in [0.4, 0.5) is 17.1 Å². The summed E-state index contributed by atoms with van der Waals surface area (Å²) < 4.78 is 0. The molecule has 0 heterocycles. The molecule has 2 aromatic carbocycles. The molecule has 2 rings (SSSR count). The number of non-ortho nitro benzene ring substituents is 1. The lowest BCUT2D eigenvalue weighted by molar-refractivity contribution is -0.384. The van der Waals surface area contributed by atoms with Crippen molar-refractivity contribution < 1.29 is 14.5 Å². The van der Waals surface area contributed by atoms with Crippen LogP contribution in [-0.2, 0) is 9.59 Å². The summed E-state index contributed by atoms with van der Waals surface area (Å²) in [4.78, 5) is 33.6. The van der Waals surface area contributed by atoms with Gasteiger partial charge in [0.1, 0.15) is 0 Å². The van der Waals surface area contributed by atoms with Gasteiger partial charge in [-0.3, -0.25) is 19.7 Å². The Balaban J connectivity index is 2.00. The number of amides is 2. The molecule has 118 valence electrons. The van der Waals surface area contributed by atoms with Gasteiger partial charge in [0.05, 0.1) is 4.92 Å². The quantitative estimate of drug-likeness (QED) is 0.511. The van der Waals surface area contributed by atoms with Crippen LogP contribution >= 0.6 is 11.6 Å². The molecule has 0 radical (unpaired) electrons. The second-order valence-corrected chi connectivity index (χ2v) is 5.08. The number of carbonyl (C=O) groups excluding carboxylic acids is 2. The summed E-state index contributed by atoms with van der Waals surface area (Å²) in [6, 6.07) is 10.0. The van der Waals surface area contributed by atoms with Crippen LogP contribution in [0.5, 0.6) is 0 Å². The van der Waals surface area contributed by atoms with Gasteiger partial charge < -0.3 is 10.6 Å². The molecule has 23 heavy (non-hydrogen) atoms. The number of nitro groups is 1. The fraction of sp³-hybridized carbons (Fsp3) is 0.0667. The maximum atomic E-state index is 11.8. The van der Waals surface area contributed by atoms with Crippen LogP contribution in [0.25, 0.3) is 0 Å². The highest BCUT2D eigenvalue weighted by Crippen LogP contribution is 2.20. The number of carbonyl (C=O) groups is 2. The van der Waals surface area contributed by atoms with E-state index in [0.717, 1.165) is 5.56 Å². The first-order valence-electron chi connectivity index (χ1n) is 6.50. The molecule has 0 spiro atoms. The second kappa shape index (κ2) is 6.89. The summed E-state index contributed by atoms with van der Waals surface area (Å²) in [6.07, 6.45) is 0. The number of rotatable bonds is 3. The molecular weight excluding hydrogens is 322 g/mol. The number of hydrogen-bond acceptors (Lipinski definition) is 4. The first kappa shape index (κ1) is 16.4. The van der Waals surface area contributed by atoms with Crippen LogP contribution in [0, 0.1) is 17.0 Å². The Labute approximate surface area is 136 Å². The fourth-order valence-electron chi connectivity index (χ4n) is 1.71. The zero-order valence-electron chi connectivity index (χ0n) is 12.0. The Kier molecular flexibility index (Phi) is 4.92. The molecule has 0 aliphatic carbocycles. The fourth-order valence-corrected chi connectivity index (χ4v) is 1.89. The maximum absolute atomic E-state index is 11.8. The molecule has 0 bridgehead atoms. The van der Waals surface area contributed by atoms with Crippen molar-refractivity contribution in [3.8, 4) is 0 Å². The van der Waals surface area contributed by atoms with E-state index in [1.165, 1.54) is 30.3 Å². The van der Waals surface area contributed by atoms with Crippen molar-refractivity contribution in [1.29, 1.82) is 0 Å². The van der Waals surface area contributed by atoms with Crippen LogP contribution in [0.1, 0.15) is 5.56 Å². The molecule has 7 nitrogen and oxygen atoms in total. The second-order valence-electron chi connectivity index (χ2n) is 4.68. The summed E-state index contributed by atoms with van der Waals surface area (Å²) in [5.41, 5.74) is 1.41. The highest BCUT2D eigenvalue weighted by Gasteiger charge is 2.15. The zero-order chi connectivity index (χ0) is 17.0. The molecule has 2 aromatic rings. The molecule has 0 atom stereocenters. The Morgan fingerprint density at radius 3 is 2.04 bits per heavy atom. The molecule has 0 saturated carbocycles. The van der Waals surface area contributed by atoms with Crippen LogP contribution in [0.3, 0.4) is 0 Å². The number of anilines is 2. The van der Waals surface area contributed by atoms with Crippen molar-refractivity contribution >= 4 is 40.5 Å². The number of nitrogens with zero attached hydrogens (tertiary/aromatic N) is 1. The van der Waals surface area contributed by atoms with Crippen molar-refractivity contribution in [3.63, 3.8) is 0 Å². The predicted molar refractivity (Wildman–Crippen MR) is 86.5 cm³/mol. The third kappa shape index (κ3) is 4.27. The third-order valence-electron chi connectivity index (χ3n) is 2.97. The van der Waals surface area contributed by atoms with Crippen LogP contribution in [0.15, 0.2) is 42.5 Å². The number of nitro benzene ring substituents is 1. The molecule has 2 N–H and O–H groups in total. The molecule has 0 unspecified atom stereocenters. The molecular formula is C15H12ClN3O4. The SMILES string of the molecule is Cc1ccc(NC(=O)C(=O)Nc2ccc([N+](=O)[O-])cc2)cc1Cl. The van der Waals surface area contributed by atoms with Crippen molar-refractivity contribution in [2.75, 3.05) is 10.6 Å². The van der Waals surface area contributed by atoms with Gasteiger partial charge in [-0.05, 0) is 36.8 Å². The number of benzene rings is 2. The minimum atomic E-state index is -0.893. The first-order valence-corrected chi connectivity index (χ1v) is 6.87. The van der Waals surface area contributed by atoms with Crippen molar-refractivity contribution in [2.45, 2.75) is 6.92 Å². The van der Waals surface area contributed by atoms with E-state index in [-0.39, 0.29) is 11.4 Å². The summed E-state index contributed by atoms with van der Waals surface area (Å²) in [5.74, 6) is -1.76. The van der Waals surface area contributed by atoms with E-state index in [2.05, 4.69) is 10.6 Å². The van der Waals surface area contributed by atoms with E-state index in [9.17, 15) is 19.7 Å². The van der Waals surface area contributed by atoms with Crippen LogP contribution < -0.4 is 10.6 Å². The lowest BCUT2D eigenvalue weighted by Gasteiger charge is -2.07. The van der Waals surface area contributed by atoms with Crippen LogP contribution in [-0.4, -0.2) is 16.7 Å². The van der Waals surface area contributed by atoms with E-state index < -0.39 is 16.7 Å². The molecule has 0 saturated heterocycles. The molecule has 8 heteroatoms. The monoisotopic (exact) mass is 333 g/mol. The normalized spacial score (nSPS) is 10.0. The standard InChI is InChI=1S/C15H12ClN3O4/c1-9-2-3-11(8-13(9)16)18-15(21)14(20)17-10-4-6-12(7-5-10)19(22)23/h2-8H,1H3,(H,17,20)(H,18,21). The summed E-state index contributed by atoms with van der Waals surface area (Å²) >= 11 is 5.94. The third-order valence-corrected chi connectivity index (χ3v) is 3.38. The van der Waals surface area contributed by atoms with Crippen molar-refractivity contribution in [1.82, 2.24) is 0 Å². The highest BCUT2D eigenvalue weighted by molar-refractivity contribution is 6.43. The van der Waals surface area contributed by atoms with Crippen LogP contribution in [0.2, 0.25) is 5.02 Å². The van der Waals surface area contributed by atoms with E-state index >= 15 is 0 Å². The number of halogens is 1. The van der Waals surface area contributed by atoms with Gasteiger partial charge in [-0.25, -0.2) is 0 Å². The van der Waals surface area contributed by atoms with Crippen molar-refractivity contribution in [3.05, 3.63) is 63.2 Å².